The van der Waals surface area contributed by atoms with Crippen molar-refractivity contribution in [1.82, 2.24) is 0 Å². The summed E-state index contributed by atoms with van der Waals surface area (Å²) in [7, 11) is 0. The van der Waals surface area contributed by atoms with Crippen LogP contribution in [0, 0.1) is 20.8 Å². The minimum absolute atomic E-state index is 0.0120. The van der Waals surface area contributed by atoms with Crippen LogP contribution in [0.2, 0.25) is 0 Å². The van der Waals surface area contributed by atoms with Gasteiger partial charge in [-0.1, -0.05) is 31.4 Å². The van der Waals surface area contributed by atoms with E-state index in [9.17, 15) is 0 Å². The molecule has 0 amide bonds. The van der Waals surface area contributed by atoms with Crippen molar-refractivity contribution in [2.45, 2.75) is 71.4 Å². The van der Waals surface area contributed by atoms with E-state index >= 15 is 0 Å². The summed E-state index contributed by atoms with van der Waals surface area (Å²) < 4.78 is 6.19. The Hall–Kier alpha value is -0.860. The first-order valence-electron chi connectivity index (χ1n) is 7.97. The lowest BCUT2D eigenvalue weighted by Gasteiger charge is -2.42. The zero-order chi connectivity index (χ0) is 14.8. The lowest BCUT2D eigenvalue weighted by atomic mass is 9.75. The van der Waals surface area contributed by atoms with Crippen molar-refractivity contribution < 1.29 is 4.74 Å². The highest BCUT2D eigenvalue weighted by Gasteiger charge is 2.40. The first kappa shape index (κ1) is 15.5. The molecule has 1 aliphatic rings. The van der Waals surface area contributed by atoms with E-state index in [1.54, 1.807) is 0 Å². The molecular weight excluding hydrogens is 246 g/mol. The standard InChI is InChI=1S/C18H29NO/c1-5-20-18(9-7-6-8-10-18)17(19)16-12-14(3)13(2)11-15(16)4/h11-12,17H,5-10,19H2,1-4H3. The Labute approximate surface area is 123 Å². The van der Waals surface area contributed by atoms with Gasteiger partial charge in [0.25, 0.3) is 0 Å². The van der Waals surface area contributed by atoms with Gasteiger partial charge in [-0.15, -0.1) is 0 Å². The van der Waals surface area contributed by atoms with Gasteiger partial charge >= 0.3 is 0 Å². The van der Waals surface area contributed by atoms with E-state index in [1.807, 2.05) is 0 Å². The number of benzene rings is 1. The number of ether oxygens (including phenoxy) is 1. The van der Waals surface area contributed by atoms with Crippen molar-refractivity contribution in [3.8, 4) is 0 Å². The molecule has 0 aliphatic heterocycles. The van der Waals surface area contributed by atoms with Crippen LogP contribution in [0.1, 0.15) is 67.3 Å². The molecule has 0 heterocycles. The maximum absolute atomic E-state index is 6.69. The van der Waals surface area contributed by atoms with E-state index in [0.717, 1.165) is 19.4 Å². The molecule has 0 saturated heterocycles. The van der Waals surface area contributed by atoms with Crippen molar-refractivity contribution in [1.29, 1.82) is 0 Å². The fourth-order valence-corrected chi connectivity index (χ4v) is 3.58. The third-order valence-corrected chi connectivity index (χ3v) is 4.92. The van der Waals surface area contributed by atoms with Crippen LogP contribution in [0.5, 0.6) is 0 Å². The molecule has 1 saturated carbocycles. The van der Waals surface area contributed by atoms with Gasteiger partial charge in [0, 0.05) is 6.61 Å². The van der Waals surface area contributed by atoms with E-state index in [1.165, 1.54) is 41.5 Å². The monoisotopic (exact) mass is 275 g/mol. The molecule has 0 bridgehead atoms. The molecular formula is C18H29NO. The molecule has 1 aromatic carbocycles. The smallest absolute Gasteiger partial charge is 0.0874 e. The van der Waals surface area contributed by atoms with E-state index in [2.05, 4.69) is 39.8 Å². The molecule has 1 atom stereocenters. The molecule has 0 radical (unpaired) electrons. The van der Waals surface area contributed by atoms with Gasteiger partial charge in [-0.2, -0.15) is 0 Å². The zero-order valence-corrected chi connectivity index (χ0v) is 13.5. The summed E-state index contributed by atoms with van der Waals surface area (Å²) in [5.41, 5.74) is 11.8. The molecule has 1 unspecified atom stereocenters. The molecule has 1 fully saturated rings. The van der Waals surface area contributed by atoms with Gasteiger partial charge in [-0.05, 0) is 62.8 Å². The molecule has 2 nitrogen and oxygen atoms in total. The number of nitrogens with two attached hydrogens (primary N) is 1. The van der Waals surface area contributed by atoms with E-state index in [4.69, 9.17) is 10.5 Å². The van der Waals surface area contributed by atoms with Crippen molar-refractivity contribution >= 4 is 0 Å². The first-order chi connectivity index (χ1) is 9.50. The topological polar surface area (TPSA) is 35.2 Å². The van der Waals surface area contributed by atoms with Crippen LogP contribution >= 0.6 is 0 Å². The molecule has 2 N–H and O–H groups in total. The molecule has 112 valence electrons. The summed E-state index contributed by atoms with van der Waals surface area (Å²) in [6.45, 7) is 9.33. The molecule has 0 spiro atoms. The van der Waals surface area contributed by atoms with Crippen molar-refractivity contribution in [2.75, 3.05) is 6.61 Å². The normalized spacial score (nSPS) is 19.9. The summed E-state index contributed by atoms with van der Waals surface area (Å²) in [6.07, 6.45) is 5.96. The van der Waals surface area contributed by atoms with Crippen LogP contribution in [0.25, 0.3) is 0 Å². The van der Waals surface area contributed by atoms with E-state index in [0.29, 0.717) is 0 Å². The molecule has 1 aliphatic carbocycles. The molecule has 2 rings (SSSR count). The van der Waals surface area contributed by atoms with Crippen LogP contribution in [-0.2, 0) is 4.74 Å². The second-order valence-electron chi connectivity index (χ2n) is 6.33. The Morgan fingerprint density at radius 1 is 1.05 bits per heavy atom. The van der Waals surface area contributed by atoms with Crippen LogP contribution in [-0.4, -0.2) is 12.2 Å². The van der Waals surface area contributed by atoms with Gasteiger partial charge in [0.15, 0.2) is 0 Å². The average Bonchev–Trinajstić information content (AvgIpc) is 2.43. The Morgan fingerprint density at radius 2 is 1.65 bits per heavy atom. The predicted octanol–water partition coefficient (Wildman–Crippen LogP) is 4.35. The Kier molecular flexibility index (Phi) is 4.87. The zero-order valence-electron chi connectivity index (χ0n) is 13.5. The molecule has 20 heavy (non-hydrogen) atoms. The van der Waals surface area contributed by atoms with Crippen LogP contribution in [0.3, 0.4) is 0 Å². The maximum atomic E-state index is 6.69. The first-order valence-corrected chi connectivity index (χ1v) is 7.97. The van der Waals surface area contributed by atoms with Crippen molar-refractivity contribution in [3.63, 3.8) is 0 Å². The number of hydrogen-bond acceptors (Lipinski definition) is 2. The van der Waals surface area contributed by atoms with Crippen LogP contribution < -0.4 is 5.73 Å². The minimum Gasteiger partial charge on any atom is -0.373 e. The summed E-state index contributed by atoms with van der Waals surface area (Å²) in [6, 6.07) is 4.51. The fourth-order valence-electron chi connectivity index (χ4n) is 3.58. The average molecular weight is 275 g/mol. The third-order valence-electron chi connectivity index (χ3n) is 4.92. The second-order valence-corrected chi connectivity index (χ2v) is 6.33. The van der Waals surface area contributed by atoms with Gasteiger partial charge in [-0.3, -0.25) is 0 Å². The van der Waals surface area contributed by atoms with Crippen molar-refractivity contribution in [2.24, 2.45) is 5.73 Å². The maximum Gasteiger partial charge on any atom is 0.0874 e. The SMILES string of the molecule is CCOC1(C(N)c2cc(C)c(C)cc2C)CCCCC1. The minimum atomic E-state index is -0.153. The van der Waals surface area contributed by atoms with Gasteiger partial charge in [-0.25, -0.2) is 0 Å². The Balaban J connectivity index is 2.36. The molecule has 2 heteroatoms. The lowest BCUT2D eigenvalue weighted by molar-refractivity contribution is -0.0832. The molecule has 1 aromatic rings. The van der Waals surface area contributed by atoms with Crippen LogP contribution in [0.4, 0.5) is 0 Å². The van der Waals surface area contributed by atoms with Crippen molar-refractivity contribution in [3.05, 3.63) is 34.4 Å². The summed E-state index contributed by atoms with van der Waals surface area (Å²) in [4.78, 5) is 0. The highest BCUT2D eigenvalue weighted by atomic mass is 16.5. The van der Waals surface area contributed by atoms with E-state index < -0.39 is 0 Å². The summed E-state index contributed by atoms with van der Waals surface area (Å²) in [5.74, 6) is 0. The van der Waals surface area contributed by atoms with Gasteiger partial charge in [0.2, 0.25) is 0 Å². The summed E-state index contributed by atoms with van der Waals surface area (Å²) in [5, 5.41) is 0. The Morgan fingerprint density at radius 3 is 2.25 bits per heavy atom. The highest BCUT2D eigenvalue weighted by Crippen LogP contribution is 2.41. The van der Waals surface area contributed by atoms with E-state index in [-0.39, 0.29) is 11.6 Å². The second kappa shape index (κ2) is 6.28. The number of rotatable bonds is 4. The predicted molar refractivity (Wildman–Crippen MR) is 85.0 cm³/mol. The Bertz CT molecular complexity index is 455. The quantitative estimate of drug-likeness (QED) is 0.886. The van der Waals surface area contributed by atoms with Crippen LogP contribution in [0.15, 0.2) is 12.1 Å². The summed E-state index contributed by atoms with van der Waals surface area (Å²) >= 11 is 0. The van der Waals surface area contributed by atoms with Gasteiger partial charge in [0.05, 0.1) is 11.6 Å². The third kappa shape index (κ3) is 2.91. The largest absolute Gasteiger partial charge is 0.373 e. The fraction of sp³-hybridized carbons (Fsp3) is 0.667. The van der Waals surface area contributed by atoms with Gasteiger partial charge < -0.3 is 10.5 Å². The van der Waals surface area contributed by atoms with Gasteiger partial charge in [0.1, 0.15) is 0 Å². The number of aryl methyl sites for hydroxylation is 3. The molecule has 0 aromatic heterocycles. The lowest BCUT2D eigenvalue weighted by Crippen LogP contribution is -2.45. The number of hydrogen-bond donors (Lipinski definition) is 1. The highest BCUT2D eigenvalue weighted by molar-refractivity contribution is 5.39.